The van der Waals surface area contributed by atoms with Crippen LogP contribution >= 0.6 is 0 Å². The first-order valence-electron chi connectivity index (χ1n) is 11.8. The maximum absolute atomic E-state index is 12.7. The third kappa shape index (κ3) is 4.59. The predicted octanol–water partition coefficient (Wildman–Crippen LogP) is 3.55. The number of carbonyl (C=O) groups is 1. The van der Waals surface area contributed by atoms with E-state index in [1.165, 1.54) is 25.0 Å². The largest absolute Gasteiger partial charge is 0.381 e. The van der Waals surface area contributed by atoms with E-state index in [-0.39, 0.29) is 11.7 Å². The number of ketones is 1. The molecule has 168 valence electrons. The van der Waals surface area contributed by atoms with E-state index in [9.17, 15) is 4.79 Å². The normalized spacial score (nSPS) is 18.3. The molecule has 0 atom stereocenters. The summed E-state index contributed by atoms with van der Waals surface area (Å²) in [6.07, 6.45) is 9.60. The lowest BCUT2D eigenvalue weighted by Crippen LogP contribution is -2.30. The molecule has 5 heterocycles. The van der Waals surface area contributed by atoms with Crippen LogP contribution in [0.15, 0.2) is 30.6 Å². The van der Waals surface area contributed by atoms with Crippen molar-refractivity contribution in [3.63, 3.8) is 0 Å². The van der Waals surface area contributed by atoms with Crippen LogP contribution < -0.4 is 0 Å². The van der Waals surface area contributed by atoms with Gasteiger partial charge in [-0.1, -0.05) is 6.42 Å². The molecule has 2 aliphatic heterocycles. The molecule has 0 spiro atoms. The molecule has 0 aromatic carbocycles. The van der Waals surface area contributed by atoms with Gasteiger partial charge < -0.3 is 4.74 Å². The molecule has 2 aliphatic rings. The number of ether oxygens (including phenoxy) is 1. The number of hydrogen-bond acceptors (Lipinski definition) is 6. The molecule has 0 radical (unpaired) electrons. The van der Waals surface area contributed by atoms with Crippen LogP contribution in [0.3, 0.4) is 0 Å². The monoisotopic (exact) mass is 433 g/mol. The Morgan fingerprint density at radius 2 is 1.94 bits per heavy atom. The lowest BCUT2D eigenvalue weighted by Gasteiger charge is -2.26. The standard InChI is InChI=1S/C25H31N5O2/c1-29-24(17-30-9-3-2-4-10-30)21(16-27-29)22-6-5-19-15-26-20(13-23(19)28-22)14-25(31)18-7-11-32-12-8-18/h5-6,13,15-16,18H,2-4,7-12,14,17H2,1H3. The third-order valence-electron chi connectivity index (χ3n) is 6.82. The average Bonchev–Trinajstić information content (AvgIpc) is 3.19. The Labute approximate surface area is 188 Å². The van der Waals surface area contributed by atoms with Crippen LogP contribution in [0.5, 0.6) is 0 Å². The van der Waals surface area contributed by atoms with Crippen molar-refractivity contribution in [1.82, 2.24) is 24.6 Å². The van der Waals surface area contributed by atoms with Crippen molar-refractivity contribution in [2.24, 2.45) is 13.0 Å². The Bertz CT molecular complexity index is 1100. The Balaban J connectivity index is 1.39. The molecule has 5 rings (SSSR count). The number of likely N-dealkylation sites (tertiary alicyclic amines) is 1. The predicted molar refractivity (Wildman–Crippen MR) is 123 cm³/mol. The lowest BCUT2D eigenvalue weighted by molar-refractivity contribution is -0.125. The molecular weight excluding hydrogens is 402 g/mol. The van der Waals surface area contributed by atoms with Crippen molar-refractivity contribution in [3.8, 4) is 11.3 Å². The van der Waals surface area contributed by atoms with Gasteiger partial charge in [0.25, 0.3) is 0 Å². The van der Waals surface area contributed by atoms with E-state index < -0.39 is 0 Å². The number of carbonyl (C=O) groups excluding carboxylic acids is 1. The van der Waals surface area contributed by atoms with Gasteiger partial charge in [0.05, 0.1) is 23.1 Å². The summed E-state index contributed by atoms with van der Waals surface area (Å²) in [5, 5.41) is 5.51. The van der Waals surface area contributed by atoms with Crippen molar-refractivity contribution in [1.29, 1.82) is 0 Å². The topological polar surface area (TPSA) is 73.1 Å². The minimum atomic E-state index is 0.0910. The Kier molecular flexibility index (Phi) is 6.28. The zero-order valence-electron chi connectivity index (χ0n) is 18.8. The highest BCUT2D eigenvalue weighted by Gasteiger charge is 2.22. The smallest absolute Gasteiger partial charge is 0.142 e. The molecule has 0 saturated carbocycles. The molecule has 32 heavy (non-hydrogen) atoms. The Hall–Kier alpha value is -2.64. The molecule has 3 aromatic heterocycles. The van der Waals surface area contributed by atoms with Gasteiger partial charge in [-0.25, -0.2) is 4.98 Å². The second-order valence-corrected chi connectivity index (χ2v) is 9.06. The SMILES string of the molecule is Cn1ncc(-c2ccc3cnc(CC(=O)C4CCOCC4)cc3n2)c1CN1CCCCC1. The number of pyridine rings is 2. The summed E-state index contributed by atoms with van der Waals surface area (Å²) in [5.41, 5.74) is 4.86. The highest BCUT2D eigenvalue weighted by Crippen LogP contribution is 2.26. The summed E-state index contributed by atoms with van der Waals surface area (Å²) in [4.78, 5) is 24.7. The molecule has 7 nitrogen and oxygen atoms in total. The van der Waals surface area contributed by atoms with Gasteiger partial charge in [-0.2, -0.15) is 5.10 Å². The van der Waals surface area contributed by atoms with Crippen LogP contribution in [0.2, 0.25) is 0 Å². The van der Waals surface area contributed by atoms with E-state index in [0.29, 0.717) is 19.6 Å². The molecule has 0 aliphatic carbocycles. The molecule has 2 saturated heterocycles. The number of hydrogen-bond donors (Lipinski definition) is 0. The quantitative estimate of drug-likeness (QED) is 0.592. The van der Waals surface area contributed by atoms with E-state index in [4.69, 9.17) is 9.72 Å². The van der Waals surface area contributed by atoms with Crippen LogP contribution in [-0.4, -0.2) is 56.7 Å². The minimum Gasteiger partial charge on any atom is -0.381 e. The van der Waals surface area contributed by atoms with Gasteiger partial charge in [0.15, 0.2) is 0 Å². The van der Waals surface area contributed by atoms with Gasteiger partial charge in [-0.05, 0) is 57.0 Å². The number of aromatic nitrogens is 4. The van der Waals surface area contributed by atoms with Gasteiger partial charge in [0.2, 0.25) is 0 Å². The second kappa shape index (κ2) is 9.46. The first-order chi connectivity index (χ1) is 15.7. The van der Waals surface area contributed by atoms with E-state index in [0.717, 1.165) is 60.3 Å². The molecule has 3 aromatic rings. The molecule has 0 N–H and O–H groups in total. The van der Waals surface area contributed by atoms with Crippen molar-refractivity contribution in [2.75, 3.05) is 26.3 Å². The number of fused-ring (bicyclic) bond motifs is 1. The summed E-state index contributed by atoms with van der Waals surface area (Å²) in [5.74, 6) is 0.348. The number of piperidine rings is 1. The Morgan fingerprint density at radius 3 is 2.75 bits per heavy atom. The summed E-state index contributed by atoms with van der Waals surface area (Å²) in [7, 11) is 2.01. The van der Waals surface area contributed by atoms with Crippen LogP contribution in [-0.2, 0) is 29.5 Å². The second-order valence-electron chi connectivity index (χ2n) is 9.06. The third-order valence-corrected chi connectivity index (χ3v) is 6.82. The maximum atomic E-state index is 12.7. The van der Waals surface area contributed by atoms with E-state index in [1.54, 1.807) is 0 Å². The molecule has 2 fully saturated rings. The molecule has 7 heteroatoms. The fourth-order valence-electron chi connectivity index (χ4n) is 4.84. The van der Waals surface area contributed by atoms with E-state index in [2.05, 4.69) is 21.0 Å². The number of aryl methyl sites for hydroxylation is 1. The lowest BCUT2D eigenvalue weighted by atomic mass is 9.92. The van der Waals surface area contributed by atoms with E-state index in [1.807, 2.05) is 36.3 Å². The van der Waals surface area contributed by atoms with Crippen molar-refractivity contribution in [3.05, 3.63) is 42.0 Å². The molecule has 0 amide bonds. The van der Waals surface area contributed by atoms with Crippen molar-refractivity contribution in [2.45, 2.75) is 45.1 Å². The van der Waals surface area contributed by atoms with E-state index >= 15 is 0 Å². The van der Waals surface area contributed by atoms with Crippen LogP contribution in [0, 0.1) is 5.92 Å². The summed E-state index contributed by atoms with van der Waals surface area (Å²) in [6.45, 7) is 4.54. The molecular formula is C25H31N5O2. The summed E-state index contributed by atoms with van der Waals surface area (Å²) >= 11 is 0. The highest BCUT2D eigenvalue weighted by atomic mass is 16.5. The zero-order valence-corrected chi connectivity index (χ0v) is 18.8. The number of nitrogens with zero attached hydrogens (tertiary/aromatic N) is 5. The maximum Gasteiger partial charge on any atom is 0.142 e. The number of rotatable bonds is 6. The number of Topliss-reactive ketones (excluding diaryl/α,β-unsaturated/α-hetero) is 1. The van der Waals surface area contributed by atoms with Crippen molar-refractivity contribution >= 4 is 16.7 Å². The minimum absolute atomic E-state index is 0.0910. The molecule has 0 unspecified atom stereocenters. The van der Waals surface area contributed by atoms with Gasteiger partial charge in [-0.3, -0.25) is 19.4 Å². The molecule has 0 bridgehead atoms. The van der Waals surface area contributed by atoms with Gasteiger partial charge >= 0.3 is 0 Å². The van der Waals surface area contributed by atoms with Crippen LogP contribution in [0.4, 0.5) is 0 Å². The highest BCUT2D eigenvalue weighted by molar-refractivity contribution is 5.85. The first kappa shape index (κ1) is 21.2. The fourth-order valence-corrected chi connectivity index (χ4v) is 4.84. The van der Waals surface area contributed by atoms with Gasteiger partial charge in [0.1, 0.15) is 5.78 Å². The zero-order chi connectivity index (χ0) is 21.9. The Morgan fingerprint density at radius 1 is 1.12 bits per heavy atom. The first-order valence-corrected chi connectivity index (χ1v) is 11.8. The van der Waals surface area contributed by atoms with Gasteiger partial charge in [0, 0.05) is 62.0 Å². The summed E-state index contributed by atoms with van der Waals surface area (Å²) in [6, 6.07) is 6.08. The summed E-state index contributed by atoms with van der Waals surface area (Å²) < 4.78 is 7.36. The van der Waals surface area contributed by atoms with Crippen molar-refractivity contribution < 1.29 is 9.53 Å². The van der Waals surface area contributed by atoms with Crippen LogP contribution in [0.25, 0.3) is 22.2 Å². The van der Waals surface area contributed by atoms with Crippen LogP contribution in [0.1, 0.15) is 43.5 Å². The average molecular weight is 434 g/mol. The van der Waals surface area contributed by atoms with Gasteiger partial charge in [-0.15, -0.1) is 0 Å². The fraction of sp³-hybridized carbons (Fsp3) is 0.520.